The number of ether oxygens (including phenoxy) is 1. The zero-order valence-electron chi connectivity index (χ0n) is 21.8. The Bertz CT molecular complexity index is 1470. The van der Waals surface area contributed by atoms with E-state index in [0.717, 1.165) is 24.0 Å². The van der Waals surface area contributed by atoms with Crippen molar-refractivity contribution in [3.05, 3.63) is 96.6 Å². The number of aromatic nitrogens is 2. The molecule has 2 heterocycles. The van der Waals surface area contributed by atoms with Crippen LogP contribution in [0.2, 0.25) is 0 Å². The summed E-state index contributed by atoms with van der Waals surface area (Å²) in [6, 6.07) is 19.5. The minimum Gasteiger partial charge on any atom is -0.456 e. The molecule has 0 bridgehead atoms. The Morgan fingerprint density at radius 3 is 2.38 bits per heavy atom. The van der Waals surface area contributed by atoms with E-state index in [1.54, 1.807) is 36.7 Å². The fraction of sp³-hybridized carbons (Fsp3) is 0.167. The maximum Gasteiger partial charge on any atom is 0.274 e. The molecule has 0 radical (unpaired) electrons. The van der Waals surface area contributed by atoms with Crippen LogP contribution in [-0.2, 0) is 4.79 Å². The van der Waals surface area contributed by atoms with Crippen molar-refractivity contribution in [3.8, 4) is 22.6 Å². The molecule has 0 spiro atoms. The number of anilines is 2. The molecule has 9 heteroatoms. The molecule has 198 valence electrons. The number of rotatable bonds is 10. The first-order chi connectivity index (χ1) is 18.9. The average molecular weight is 523 g/mol. The molecule has 0 fully saturated rings. The topological polar surface area (TPSA) is 143 Å². The number of nitrogens with two attached hydrogens (primary N) is 1. The molecular weight excluding hydrogens is 492 g/mol. The number of amides is 2. The highest BCUT2D eigenvalue weighted by Gasteiger charge is 2.17. The van der Waals surface area contributed by atoms with Gasteiger partial charge in [-0.2, -0.15) is 0 Å². The van der Waals surface area contributed by atoms with Gasteiger partial charge >= 0.3 is 0 Å². The minimum absolute atomic E-state index is 0.0787. The van der Waals surface area contributed by atoms with Crippen molar-refractivity contribution in [1.82, 2.24) is 15.3 Å². The number of nitrogens with zero attached hydrogens (tertiary/aromatic N) is 2. The van der Waals surface area contributed by atoms with Crippen LogP contribution in [0.5, 0.6) is 11.5 Å². The van der Waals surface area contributed by atoms with Gasteiger partial charge in [0, 0.05) is 29.1 Å². The van der Waals surface area contributed by atoms with Gasteiger partial charge in [0.2, 0.25) is 0 Å². The SMILES string of the molecule is CCC(CC)NC(=O)c1ccc(NC(=O)C(=N)c2cc(-c3cncc(Oc4ccccc4)c3)ccc2N)cn1. The van der Waals surface area contributed by atoms with Crippen LogP contribution in [-0.4, -0.2) is 33.5 Å². The summed E-state index contributed by atoms with van der Waals surface area (Å²) in [6.45, 7) is 4.01. The second-order valence-corrected chi connectivity index (χ2v) is 8.87. The third kappa shape index (κ3) is 6.84. The third-order valence-electron chi connectivity index (χ3n) is 6.15. The summed E-state index contributed by atoms with van der Waals surface area (Å²) in [4.78, 5) is 33.7. The van der Waals surface area contributed by atoms with Gasteiger partial charge < -0.3 is 21.1 Å². The van der Waals surface area contributed by atoms with Crippen molar-refractivity contribution >= 4 is 28.9 Å². The standard InChI is InChI=1S/C30H30N6O3/c1-3-21(4-2)35-29(37)27-13-11-22(17-34-27)36-30(38)28(32)25-15-19(10-12-26(25)31)20-14-24(18-33-16-20)39-23-8-6-5-7-9-23/h5-18,21,32H,3-4,31H2,1-2H3,(H,35,37)(H,36,38). The van der Waals surface area contributed by atoms with Gasteiger partial charge in [-0.25, -0.2) is 4.98 Å². The molecule has 0 aliphatic carbocycles. The highest BCUT2D eigenvalue weighted by atomic mass is 16.5. The second kappa shape index (κ2) is 12.5. The normalized spacial score (nSPS) is 10.6. The van der Waals surface area contributed by atoms with Gasteiger partial charge in [-0.3, -0.25) is 20.0 Å². The molecule has 2 aromatic carbocycles. The second-order valence-electron chi connectivity index (χ2n) is 8.87. The zero-order chi connectivity index (χ0) is 27.8. The van der Waals surface area contributed by atoms with Gasteiger partial charge in [-0.15, -0.1) is 0 Å². The smallest absolute Gasteiger partial charge is 0.274 e. The Morgan fingerprint density at radius 2 is 1.69 bits per heavy atom. The van der Waals surface area contributed by atoms with Crippen molar-refractivity contribution in [2.75, 3.05) is 11.1 Å². The molecule has 4 rings (SSSR count). The fourth-order valence-electron chi connectivity index (χ4n) is 3.88. The van der Waals surface area contributed by atoms with Crippen molar-refractivity contribution in [2.24, 2.45) is 0 Å². The predicted molar refractivity (Wildman–Crippen MR) is 152 cm³/mol. The number of nitrogen functional groups attached to an aromatic ring is 1. The molecule has 0 aliphatic rings. The van der Waals surface area contributed by atoms with Crippen molar-refractivity contribution in [3.63, 3.8) is 0 Å². The van der Waals surface area contributed by atoms with E-state index in [2.05, 4.69) is 20.6 Å². The third-order valence-corrected chi connectivity index (χ3v) is 6.15. The van der Waals surface area contributed by atoms with Crippen LogP contribution in [0, 0.1) is 5.41 Å². The monoisotopic (exact) mass is 522 g/mol. The van der Waals surface area contributed by atoms with Crippen LogP contribution < -0.4 is 21.1 Å². The molecule has 39 heavy (non-hydrogen) atoms. The van der Waals surface area contributed by atoms with Gasteiger partial charge in [0.1, 0.15) is 22.9 Å². The number of para-hydroxylation sites is 1. The Kier molecular flexibility index (Phi) is 8.63. The van der Waals surface area contributed by atoms with Crippen molar-refractivity contribution < 1.29 is 14.3 Å². The lowest BCUT2D eigenvalue weighted by atomic mass is 10.00. The van der Waals surface area contributed by atoms with E-state index in [0.29, 0.717) is 17.2 Å². The lowest BCUT2D eigenvalue weighted by Gasteiger charge is -2.14. The van der Waals surface area contributed by atoms with Gasteiger partial charge in [-0.05, 0) is 60.9 Å². The first kappa shape index (κ1) is 27.0. The summed E-state index contributed by atoms with van der Waals surface area (Å²) < 4.78 is 5.88. The van der Waals surface area contributed by atoms with Gasteiger partial charge in [0.05, 0.1) is 18.1 Å². The molecular formula is C30H30N6O3. The average Bonchev–Trinajstić information content (AvgIpc) is 2.96. The lowest BCUT2D eigenvalue weighted by molar-refractivity contribution is -0.110. The molecule has 9 nitrogen and oxygen atoms in total. The summed E-state index contributed by atoms with van der Waals surface area (Å²) in [7, 11) is 0. The number of carbonyl (C=O) groups excluding carboxylic acids is 2. The lowest BCUT2D eigenvalue weighted by Crippen LogP contribution is -2.34. The van der Waals surface area contributed by atoms with E-state index in [-0.39, 0.29) is 34.6 Å². The van der Waals surface area contributed by atoms with Crippen LogP contribution in [0.15, 0.2) is 85.3 Å². The van der Waals surface area contributed by atoms with E-state index in [4.69, 9.17) is 15.9 Å². The number of hydrogen-bond donors (Lipinski definition) is 4. The molecule has 0 unspecified atom stereocenters. The Morgan fingerprint density at radius 1 is 0.923 bits per heavy atom. The number of pyridine rings is 2. The molecule has 2 amide bonds. The van der Waals surface area contributed by atoms with E-state index >= 15 is 0 Å². The molecule has 2 aromatic heterocycles. The highest BCUT2D eigenvalue weighted by Crippen LogP contribution is 2.28. The molecule has 0 saturated heterocycles. The Hall–Kier alpha value is -5.05. The van der Waals surface area contributed by atoms with Gasteiger partial charge in [-0.1, -0.05) is 38.1 Å². The number of benzene rings is 2. The number of hydrogen-bond acceptors (Lipinski definition) is 7. The summed E-state index contributed by atoms with van der Waals surface area (Å²) in [5.74, 6) is 0.303. The summed E-state index contributed by atoms with van der Waals surface area (Å²) in [6.07, 6.45) is 6.32. The maximum atomic E-state index is 12.9. The Balaban J connectivity index is 1.46. The fourth-order valence-corrected chi connectivity index (χ4v) is 3.88. The van der Waals surface area contributed by atoms with E-state index in [1.165, 1.54) is 12.3 Å². The Labute approximate surface area is 227 Å². The first-order valence-corrected chi connectivity index (χ1v) is 12.6. The quantitative estimate of drug-likeness (QED) is 0.161. The van der Waals surface area contributed by atoms with Gasteiger partial charge in [0.15, 0.2) is 0 Å². The van der Waals surface area contributed by atoms with Crippen molar-refractivity contribution in [2.45, 2.75) is 32.7 Å². The molecule has 0 atom stereocenters. The summed E-state index contributed by atoms with van der Waals surface area (Å²) in [5, 5.41) is 14.1. The largest absolute Gasteiger partial charge is 0.456 e. The van der Waals surface area contributed by atoms with Crippen LogP contribution >= 0.6 is 0 Å². The summed E-state index contributed by atoms with van der Waals surface area (Å²) in [5.41, 5.74) is 8.44. The predicted octanol–water partition coefficient (Wildman–Crippen LogP) is 5.44. The molecule has 4 aromatic rings. The minimum atomic E-state index is -0.658. The zero-order valence-corrected chi connectivity index (χ0v) is 21.8. The summed E-state index contributed by atoms with van der Waals surface area (Å²) >= 11 is 0. The van der Waals surface area contributed by atoms with Crippen LogP contribution in [0.1, 0.15) is 42.7 Å². The number of carbonyl (C=O) groups is 2. The van der Waals surface area contributed by atoms with E-state index < -0.39 is 5.91 Å². The highest BCUT2D eigenvalue weighted by molar-refractivity contribution is 6.48. The van der Waals surface area contributed by atoms with E-state index in [9.17, 15) is 9.59 Å². The number of nitrogens with one attached hydrogen (secondary N) is 3. The molecule has 5 N–H and O–H groups in total. The van der Waals surface area contributed by atoms with Gasteiger partial charge in [0.25, 0.3) is 11.8 Å². The first-order valence-electron chi connectivity index (χ1n) is 12.6. The van der Waals surface area contributed by atoms with Crippen LogP contribution in [0.4, 0.5) is 11.4 Å². The van der Waals surface area contributed by atoms with Crippen LogP contribution in [0.25, 0.3) is 11.1 Å². The van der Waals surface area contributed by atoms with Crippen LogP contribution in [0.3, 0.4) is 0 Å². The van der Waals surface area contributed by atoms with Crippen molar-refractivity contribution in [1.29, 1.82) is 5.41 Å². The van der Waals surface area contributed by atoms with E-state index in [1.807, 2.05) is 50.2 Å². The molecule has 0 saturated carbocycles. The molecule has 0 aliphatic heterocycles. The maximum absolute atomic E-state index is 12.9.